The van der Waals surface area contributed by atoms with Crippen LogP contribution in [0, 0.1) is 6.33 Å². The maximum absolute atomic E-state index is 6.73. The van der Waals surface area contributed by atoms with Gasteiger partial charge in [-0.15, -0.1) is 0 Å². The smallest absolute Gasteiger partial charge is 0.269 e. The van der Waals surface area contributed by atoms with E-state index in [9.17, 15) is 0 Å². The van der Waals surface area contributed by atoms with Crippen LogP contribution in [0.2, 0.25) is 0 Å². The molecule has 0 radical (unpaired) electrons. The van der Waals surface area contributed by atoms with E-state index in [0.717, 1.165) is 56.1 Å². The predicted molar refractivity (Wildman–Crippen MR) is 237 cm³/mol. The Labute approximate surface area is 338 Å². The second kappa shape index (κ2) is 13.5. The topological polar surface area (TPSA) is 35.9 Å². The molecule has 0 amide bonds. The van der Waals surface area contributed by atoms with Crippen molar-refractivity contribution in [3.63, 3.8) is 0 Å². The van der Waals surface area contributed by atoms with E-state index in [1.165, 1.54) is 27.6 Å². The number of pyridine rings is 1. The van der Waals surface area contributed by atoms with Crippen molar-refractivity contribution in [2.45, 2.75) is 105 Å². The maximum atomic E-state index is 6.73. The number of hydrogen-bond acceptors (Lipinski definition) is 2. The van der Waals surface area contributed by atoms with Crippen molar-refractivity contribution >= 4 is 32.8 Å². The molecule has 0 saturated heterocycles. The quantitative estimate of drug-likeness (QED) is 0.130. The second-order valence-corrected chi connectivity index (χ2v) is 19.8. The van der Waals surface area contributed by atoms with E-state index in [1.807, 2.05) is 12.3 Å². The fraction of sp³-hybridized carbons (Fsp3) is 0.308. The number of fused-ring (bicyclic) bond motifs is 4. The number of imidazole rings is 1. The molecule has 0 atom stereocenters. The van der Waals surface area contributed by atoms with Crippen LogP contribution in [0.25, 0.3) is 50.0 Å². The van der Waals surface area contributed by atoms with Gasteiger partial charge < -0.3 is 4.74 Å². The second-order valence-electron chi connectivity index (χ2n) is 19.8. The Hall–Kier alpha value is -5.68. The number of rotatable bonds is 5. The van der Waals surface area contributed by atoms with Crippen LogP contribution in [0.15, 0.2) is 121 Å². The first-order chi connectivity index (χ1) is 26.8. The molecule has 3 heterocycles. The van der Waals surface area contributed by atoms with Gasteiger partial charge in [-0.25, -0.2) is 4.98 Å². The molecular weight excluding hydrogens is 697 g/mol. The normalized spacial score (nSPS) is 12.9. The van der Waals surface area contributed by atoms with E-state index >= 15 is 0 Å². The third-order valence-corrected chi connectivity index (χ3v) is 11.2. The van der Waals surface area contributed by atoms with Crippen molar-refractivity contribution < 1.29 is 9.30 Å². The first-order valence-corrected chi connectivity index (χ1v) is 20.2. The highest BCUT2D eigenvalue weighted by Gasteiger charge is 2.24. The lowest BCUT2D eigenvalue weighted by Gasteiger charge is -2.26. The fourth-order valence-electron chi connectivity index (χ4n) is 7.66. The summed E-state index contributed by atoms with van der Waals surface area (Å²) in [5.74, 6) is 2.41. The first kappa shape index (κ1) is 38.2. The zero-order chi connectivity index (χ0) is 40.7. The molecule has 57 heavy (non-hydrogen) atoms. The molecule has 0 saturated carbocycles. The molecule has 3 aromatic heterocycles. The maximum Gasteiger partial charge on any atom is 0.269 e. The number of hydrogen-bond donors (Lipinski definition) is 0. The summed E-state index contributed by atoms with van der Waals surface area (Å²) in [6, 6.07) is 41.5. The Bertz CT molecular complexity index is 2770. The molecule has 0 aliphatic rings. The van der Waals surface area contributed by atoms with Gasteiger partial charge in [-0.3, -0.25) is 13.7 Å². The standard InChI is InChI=1S/C52H56N4O/c1-49(2,3)34-20-23-45-47(29-34)54(33-55(45)39-27-36(51(7,8)9)26-37(28-39)52(10,11)12)38-16-15-17-40(31-38)57-41-21-22-43-42-18-13-14-19-44(42)56(46(43)32-41)48-30-35(24-25-53-48)50(4,5)6/h13-32H,1-12H3. The highest BCUT2D eigenvalue weighted by molar-refractivity contribution is 6.09. The number of benzene rings is 5. The van der Waals surface area contributed by atoms with Crippen LogP contribution in [0.3, 0.4) is 0 Å². The fourth-order valence-corrected chi connectivity index (χ4v) is 7.66. The van der Waals surface area contributed by atoms with Gasteiger partial charge in [-0.05, 0) is 111 Å². The van der Waals surface area contributed by atoms with Gasteiger partial charge in [-0.1, -0.05) is 126 Å². The third kappa shape index (κ3) is 7.25. The molecule has 0 N–H and O–H groups in total. The highest BCUT2D eigenvalue weighted by atomic mass is 16.5. The van der Waals surface area contributed by atoms with Crippen LogP contribution in [0.1, 0.15) is 105 Å². The Morgan fingerprint density at radius 2 is 1.14 bits per heavy atom. The van der Waals surface area contributed by atoms with E-state index in [-0.39, 0.29) is 21.7 Å². The molecule has 0 spiro atoms. The Morgan fingerprint density at radius 1 is 0.509 bits per heavy atom. The van der Waals surface area contributed by atoms with Crippen molar-refractivity contribution in [1.29, 1.82) is 0 Å². The van der Waals surface area contributed by atoms with Crippen molar-refractivity contribution in [2.24, 2.45) is 0 Å². The van der Waals surface area contributed by atoms with E-state index in [0.29, 0.717) is 0 Å². The summed E-state index contributed by atoms with van der Waals surface area (Å²) in [5, 5.41) is 2.34. The van der Waals surface area contributed by atoms with Gasteiger partial charge in [0.1, 0.15) is 17.3 Å². The first-order valence-electron chi connectivity index (χ1n) is 20.2. The van der Waals surface area contributed by atoms with Crippen LogP contribution in [-0.4, -0.2) is 14.1 Å². The SMILES string of the molecule is CC(C)(C)c1cc(-[n+]2[c-]n(-c3cccc(Oc4ccc5c6ccccc6n(-c6cc(C(C)(C)C)ccn6)c5c4)c3)c3cc(C(C)(C)C)ccc32)cc(C(C)(C)C)c1. The Balaban J connectivity index is 1.25. The largest absolute Gasteiger partial charge is 0.458 e. The minimum atomic E-state index is -0.0185. The zero-order valence-corrected chi connectivity index (χ0v) is 35.7. The summed E-state index contributed by atoms with van der Waals surface area (Å²) in [4.78, 5) is 4.87. The summed E-state index contributed by atoms with van der Waals surface area (Å²) in [6.45, 7) is 27.2. The molecule has 290 valence electrons. The molecule has 8 aromatic rings. The van der Waals surface area contributed by atoms with Crippen LogP contribution in [0.4, 0.5) is 0 Å². The zero-order valence-electron chi connectivity index (χ0n) is 35.7. The lowest BCUT2D eigenvalue weighted by atomic mass is 9.80. The number of aromatic nitrogens is 4. The van der Waals surface area contributed by atoms with E-state index < -0.39 is 0 Å². The third-order valence-electron chi connectivity index (χ3n) is 11.2. The molecular formula is C52H56N4O. The van der Waals surface area contributed by atoms with E-state index in [2.05, 4.69) is 212 Å². The van der Waals surface area contributed by atoms with Crippen molar-refractivity contribution in [3.05, 3.63) is 150 Å². The monoisotopic (exact) mass is 752 g/mol. The van der Waals surface area contributed by atoms with Crippen LogP contribution in [-0.2, 0) is 21.7 Å². The summed E-state index contributed by atoms with van der Waals surface area (Å²) in [5.41, 5.74) is 11.5. The average molecular weight is 753 g/mol. The minimum Gasteiger partial charge on any atom is -0.458 e. The summed E-state index contributed by atoms with van der Waals surface area (Å²) < 4.78 is 13.4. The lowest BCUT2D eigenvalue weighted by molar-refractivity contribution is -0.572. The molecule has 8 rings (SSSR count). The Kier molecular flexibility index (Phi) is 9.03. The molecule has 5 aromatic carbocycles. The molecule has 5 nitrogen and oxygen atoms in total. The van der Waals surface area contributed by atoms with Gasteiger partial charge in [0.25, 0.3) is 6.33 Å². The average Bonchev–Trinajstić information content (AvgIpc) is 3.69. The summed E-state index contributed by atoms with van der Waals surface area (Å²) >= 11 is 0. The molecule has 0 aliphatic carbocycles. The van der Waals surface area contributed by atoms with Gasteiger partial charge in [0.2, 0.25) is 0 Å². The molecule has 0 aliphatic heterocycles. The molecule has 0 fully saturated rings. The molecule has 5 heteroatoms. The minimum absolute atomic E-state index is 0.00236. The predicted octanol–water partition coefficient (Wildman–Crippen LogP) is 13.2. The van der Waals surface area contributed by atoms with Crippen LogP contribution in [0.5, 0.6) is 11.5 Å². The van der Waals surface area contributed by atoms with Gasteiger partial charge in [0.15, 0.2) is 0 Å². The summed E-state index contributed by atoms with van der Waals surface area (Å²) in [7, 11) is 0. The summed E-state index contributed by atoms with van der Waals surface area (Å²) in [6.07, 6.45) is 5.72. The molecule has 0 bridgehead atoms. The van der Waals surface area contributed by atoms with E-state index in [4.69, 9.17) is 9.72 Å². The van der Waals surface area contributed by atoms with Gasteiger partial charge in [-0.2, -0.15) is 0 Å². The number of para-hydroxylation sites is 1. The van der Waals surface area contributed by atoms with Gasteiger partial charge in [0, 0.05) is 23.0 Å². The van der Waals surface area contributed by atoms with Crippen LogP contribution >= 0.6 is 0 Å². The Morgan fingerprint density at radius 3 is 1.82 bits per heavy atom. The van der Waals surface area contributed by atoms with Gasteiger partial charge in [0.05, 0.1) is 33.4 Å². The number of ether oxygens (including phenoxy) is 1. The lowest BCUT2D eigenvalue weighted by Crippen LogP contribution is -2.31. The molecule has 0 unspecified atom stereocenters. The van der Waals surface area contributed by atoms with Crippen LogP contribution < -0.4 is 9.30 Å². The van der Waals surface area contributed by atoms with Crippen molar-refractivity contribution in [1.82, 2.24) is 14.1 Å². The highest BCUT2D eigenvalue weighted by Crippen LogP contribution is 2.37. The van der Waals surface area contributed by atoms with Gasteiger partial charge >= 0.3 is 0 Å². The van der Waals surface area contributed by atoms with Crippen molar-refractivity contribution in [3.8, 4) is 28.7 Å². The van der Waals surface area contributed by atoms with E-state index in [1.54, 1.807) is 0 Å². The van der Waals surface area contributed by atoms with Crippen molar-refractivity contribution in [2.75, 3.05) is 0 Å². The number of nitrogens with zero attached hydrogens (tertiary/aromatic N) is 4.